The predicted molar refractivity (Wildman–Crippen MR) is 69.5 cm³/mol. The van der Waals surface area contributed by atoms with Crippen LogP contribution in [0.4, 0.5) is 0 Å². The Morgan fingerprint density at radius 2 is 2.00 bits per heavy atom. The van der Waals surface area contributed by atoms with Gasteiger partial charge in [0.05, 0.1) is 5.41 Å². The van der Waals surface area contributed by atoms with Crippen LogP contribution in [-0.2, 0) is 4.79 Å². The van der Waals surface area contributed by atoms with E-state index < -0.39 is 0 Å². The second-order valence-electron chi connectivity index (χ2n) is 6.13. The van der Waals surface area contributed by atoms with E-state index in [0.29, 0.717) is 12.6 Å². The van der Waals surface area contributed by atoms with Gasteiger partial charge >= 0.3 is 0 Å². The minimum absolute atomic E-state index is 0.235. The fraction of sp³-hybridized carbons (Fsp3) is 0.929. The monoisotopic (exact) mass is 238 g/mol. The molecule has 0 heterocycles. The fourth-order valence-electron chi connectivity index (χ4n) is 3.43. The summed E-state index contributed by atoms with van der Waals surface area (Å²) >= 11 is 0. The normalized spacial score (nSPS) is 32.4. The van der Waals surface area contributed by atoms with Crippen LogP contribution in [0.1, 0.15) is 58.3 Å². The number of hydrogen-bond donors (Lipinski definition) is 2. The van der Waals surface area contributed by atoms with Gasteiger partial charge < -0.3 is 11.1 Å². The summed E-state index contributed by atoms with van der Waals surface area (Å²) in [6, 6.07) is 0.405. The van der Waals surface area contributed by atoms with Gasteiger partial charge in [-0.25, -0.2) is 0 Å². The molecule has 0 aromatic heterocycles. The Kier molecular flexibility index (Phi) is 4.08. The van der Waals surface area contributed by atoms with Crippen LogP contribution < -0.4 is 11.1 Å². The molecule has 3 nitrogen and oxygen atoms in total. The molecule has 3 N–H and O–H groups in total. The summed E-state index contributed by atoms with van der Waals surface area (Å²) in [5, 5.41) is 3.25. The fourth-order valence-corrected chi connectivity index (χ4v) is 3.43. The van der Waals surface area contributed by atoms with E-state index >= 15 is 0 Å². The van der Waals surface area contributed by atoms with Crippen molar-refractivity contribution in [3.8, 4) is 0 Å². The highest BCUT2D eigenvalue weighted by Gasteiger charge is 2.39. The number of nitrogens with one attached hydrogen (secondary N) is 1. The number of hydrogen-bond acceptors (Lipinski definition) is 2. The van der Waals surface area contributed by atoms with Crippen molar-refractivity contribution in [2.45, 2.75) is 64.3 Å². The SMILES string of the molecule is CC1CCC(NC(=O)C2(CN)CCCCC2)C1. The van der Waals surface area contributed by atoms with E-state index in [4.69, 9.17) is 5.73 Å². The third-order valence-electron chi connectivity index (χ3n) is 4.71. The van der Waals surface area contributed by atoms with Gasteiger partial charge in [0.1, 0.15) is 0 Å². The molecule has 0 aromatic carbocycles. The number of carbonyl (C=O) groups is 1. The van der Waals surface area contributed by atoms with Crippen molar-refractivity contribution in [1.82, 2.24) is 5.32 Å². The number of rotatable bonds is 3. The summed E-state index contributed by atoms with van der Waals surface area (Å²) in [5.41, 5.74) is 5.63. The highest BCUT2D eigenvalue weighted by Crippen LogP contribution is 2.36. The molecule has 2 fully saturated rings. The van der Waals surface area contributed by atoms with Gasteiger partial charge in [0.25, 0.3) is 0 Å². The van der Waals surface area contributed by atoms with Crippen LogP contribution in [0.5, 0.6) is 0 Å². The summed E-state index contributed by atoms with van der Waals surface area (Å²) < 4.78 is 0. The van der Waals surface area contributed by atoms with E-state index in [2.05, 4.69) is 12.2 Å². The first-order valence-corrected chi connectivity index (χ1v) is 7.17. The maximum atomic E-state index is 12.4. The Morgan fingerprint density at radius 1 is 1.29 bits per heavy atom. The maximum absolute atomic E-state index is 12.4. The zero-order chi connectivity index (χ0) is 12.3. The van der Waals surface area contributed by atoms with Gasteiger partial charge in [0.2, 0.25) is 5.91 Å². The predicted octanol–water partition coefficient (Wildman–Crippen LogP) is 2.20. The van der Waals surface area contributed by atoms with Crippen LogP contribution in [0.2, 0.25) is 0 Å². The third kappa shape index (κ3) is 2.82. The lowest BCUT2D eigenvalue weighted by molar-refractivity contribution is -0.133. The average Bonchev–Trinajstić information content (AvgIpc) is 2.75. The quantitative estimate of drug-likeness (QED) is 0.792. The van der Waals surface area contributed by atoms with Crippen LogP contribution in [-0.4, -0.2) is 18.5 Å². The molecule has 0 saturated heterocycles. The van der Waals surface area contributed by atoms with Crippen molar-refractivity contribution in [1.29, 1.82) is 0 Å². The molecule has 2 aliphatic rings. The molecular weight excluding hydrogens is 212 g/mol. The van der Waals surface area contributed by atoms with Crippen molar-refractivity contribution < 1.29 is 4.79 Å². The lowest BCUT2D eigenvalue weighted by Crippen LogP contribution is -2.49. The lowest BCUT2D eigenvalue weighted by atomic mass is 9.73. The van der Waals surface area contributed by atoms with Gasteiger partial charge in [-0.2, -0.15) is 0 Å². The van der Waals surface area contributed by atoms with E-state index in [1.165, 1.54) is 12.8 Å². The van der Waals surface area contributed by atoms with Gasteiger partial charge in [-0.1, -0.05) is 26.2 Å². The molecule has 0 spiro atoms. The highest BCUT2D eigenvalue weighted by molar-refractivity contribution is 5.83. The Balaban J connectivity index is 1.92. The molecule has 0 aromatic rings. The number of nitrogens with two attached hydrogens (primary N) is 1. The third-order valence-corrected chi connectivity index (χ3v) is 4.71. The topological polar surface area (TPSA) is 55.1 Å². The number of carbonyl (C=O) groups excluding carboxylic acids is 1. The minimum Gasteiger partial charge on any atom is -0.353 e. The summed E-state index contributed by atoms with van der Waals surface area (Å²) in [5.74, 6) is 0.999. The molecule has 2 saturated carbocycles. The Labute approximate surface area is 105 Å². The molecule has 98 valence electrons. The Morgan fingerprint density at radius 3 is 2.53 bits per heavy atom. The molecule has 0 aliphatic heterocycles. The zero-order valence-corrected chi connectivity index (χ0v) is 11.0. The van der Waals surface area contributed by atoms with Crippen molar-refractivity contribution >= 4 is 5.91 Å². The smallest absolute Gasteiger partial charge is 0.227 e. The van der Waals surface area contributed by atoms with Crippen molar-refractivity contribution in [2.75, 3.05) is 6.54 Å². The first-order chi connectivity index (χ1) is 8.16. The zero-order valence-electron chi connectivity index (χ0n) is 11.0. The molecule has 2 unspecified atom stereocenters. The first kappa shape index (κ1) is 12.9. The van der Waals surface area contributed by atoms with E-state index in [1.54, 1.807) is 0 Å². The lowest BCUT2D eigenvalue weighted by Gasteiger charge is -2.35. The van der Waals surface area contributed by atoms with Crippen LogP contribution in [0.25, 0.3) is 0 Å². The van der Waals surface area contributed by atoms with Crippen molar-refractivity contribution in [3.05, 3.63) is 0 Å². The minimum atomic E-state index is -0.246. The molecule has 2 aliphatic carbocycles. The second kappa shape index (κ2) is 5.38. The Bertz CT molecular complexity index is 271. The van der Waals surface area contributed by atoms with Crippen molar-refractivity contribution in [2.24, 2.45) is 17.1 Å². The molecule has 2 atom stereocenters. The van der Waals surface area contributed by atoms with E-state index in [1.807, 2.05) is 0 Å². The largest absolute Gasteiger partial charge is 0.353 e. The van der Waals surface area contributed by atoms with Gasteiger partial charge in [0, 0.05) is 12.6 Å². The van der Waals surface area contributed by atoms with Gasteiger partial charge in [0.15, 0.2) is 0 Å². The van der Waals surface area contributed by atoms with Gasteiger partial charge in [-0.15, -0.1) is 0 Å². The van der Waals surface area contributed by atoms with E-state index in [0.717, 1.165) is 44.4 Å². The molecule has 17 heavy (non-hydrogen) atoms. The van der Waals surface area contributed by atoms with Gasteiger partial charge in [-0.05, 0) is 38.0 Å². The summed E-state index contributed by atoms with van der Waals surface area (Å²) in [6.45, 7) is 2.78. The molecule has 3 heteroatoms. The standard InChI is InChI=1S/C14H26N2O/c1-11-5-6-12(9-11)16-13(17)14(10-15)7-3-2-4-8-14/h11-12H,2-10,15H2,1H3,(H,16,17). The van der Waals surface area contributed by atoms with Gasteiger partial charge in [-0.3, -0.25) is 4.79 Å². The molecule has 0 bridgehead atoms. The van der Waals surface area contributed by atoms with Crippen LogP contribution in [0.3, 0.4) is 0 Å². The molecular formula is C14H26N2O. The summed E-state index contributed by atoms with van der Waals surface area (Å²) in [7, 11) is 0. The summed E-state index contributed by atoms with van der Waals surface area (Å²) in [4.78, 5) is 12.4. The Hall–Kier alpha value is -0.570. The first-order valence-electron chi connectivity index (χ1n) is 7.17. The number of amides is 1. The molecule has 2 rings (SSSR count). The summed E-state index contributed by atoms with van der Waals surface area (Å²) in [6.07, 6.45) is 9.09. The average molecular weight is 238 g/mol. The molecule has 0 radical (unpaired) electrons. The van der Waals surface area contributed by atoms with Crippen LogP contribution in [0.15, 0.2) is 0 Å². The second-order valence-corrected chi connectivity index (χ2v) is 6.13. The van der Waals surface area contributed by atoms with Crippen LogP contribution >= 0.6 is 0 Å². The highest BCUT2D eigenvalue weighted by atomic mass is 16.2. The maximum Gasteiger partial charge on any atom is 0.227 e. The van der Waals surface area contributed by atoms with Crippen LogP contribution in [0, 0.1) is 11.3 Å². The van der Waals surface area contributed by atoms with Crippen molar-refractivity contribution in [3.63, 3.8) is 0 Å². The molecule has 1 amide bonds. The van der Waals surface area contributed by atoms with E-state index in [-0.39, 0.29) is 11.3 Å². The van der Waals surface area contributed by atoms with E-state index in [9.17, 15) is 4.79 Å².